The van der Waals surface area contributed by atoms with Crippen LogP contribution in [0, 0.1) is 0 Å². The summed E-state index contributed by atoms with van der Waals surface area (Å²) in [5.41, 5.74) is 0.590. The second-order valence-corrected chi connectivity index (χ2v) is 8.58. The van der Waals surface area contributed by atoms with E-state index in [4.69, 9.17) is 5.11 Å². The standard InChI is InChI=1S/C18H23N3O5S/c1-13-4-2-3-9-21(13)27(25,26)15-7-5-14(6-8-15)19-16-12-17(23)20(10-11-22)18(16)24/h5-8,12-13,19,22H,2-4,9-11H2,1H3. The zero-order chi connectivity index (χ0) is 19.6. The number of hydrogen-bond donors (Lipinski definition) is 2. The molecule has 2 N–H and O–H groups in total. The van der Waals surface area contributed by atoms with Crippen molar-refractivity contribution in [3.05, 3.63) is 36.0 Å². The Hall–Kier alpha value is -2.23. The van der Waals surface area contributed by atoms with Crippen molar-refractivity contribution in [2.75, 3.05) is 25.0 Å². The number of amides is 2. The Morgan fingerprint density at radius 2 is 1.89 bits per heavy atom. The number of piperidine rings is 1. The van der Waals surface area contributed by atoms with E-state index in [1.807, 2.05) is 6.92 Å². The average molecular weight is 393 g/mol. The SMILES string of the molecule is CC1CCCCN1S(=O)(=O)c1ccc(NC2=CC(=O)N(CCO)C2=O)cc1. The molecular weight excluding hydrogens is 370 g/mol. The molecule has 2 aliphatic heterocycles. The van der Waals surface area contributed by atoms with E-state index in [2.05, 4.69) is 5.32 Å². The zero-order valence-corrected chi connectivity index (χ0v) is 15.9. The lowest BCUT2D eigenvalue weighted by molar-refractivity contribution is -0.137. The number of carbonyl (C=O) groups excluding carboxylic acids is 2. The molecule has 2 heterocycles. The minimum Gasteiger partial charge on any atom is -0.395 e. The van der Waals surface area contributed by atoms with E-state index in [0.29, 0.717) is 12.2 Å². The van der Waals surface area contributed by atoms with Crippen molar-refractivity contribution < 1.29 is 23.1 Å². The first kappa shape index (κ1) is 19.5. The molecule has 1 unspecified atom stereocenters. The van der Waals surface area contributed by atoms with Crippen LogP contribution in [0.1, 0.15) is 26.2 Å². The summed E-state index contributed by atoms with van der Waals surface area (Å²) >= 11 is 0. The van der Waals surface area contributed by atoms with Gasteiger partial charge in [0.25, 0.3) is 11.8 Å². The van der Waals surface area contributed by atoms with Crippen LogP contribution in [0.15, 0.2) is 40.9 Å². The second-order valence-electron chi connectivity index (χ2n) is 6.69. The lowest BCUT2D eigenvalue weighted by atomic mass is 10.1. The van der Waals surface area contributed by atoms with E-state index in [1.54, 1.807) is 12.1 Å². The molecule has 1 fully saturated rings. The molecular formula is C18H23N3O5S. The van der Waals surface area contributed by atoms with Crippen LogP contribution in [-0.2, 0) is 19.6 Å². The van der Waals surface area contributed by atoms with Gasteiger partial charge in [-0.25, -0.2) is 8.42 Å². The first-order valence-electron chi connectivity index (χ1n) is 8.92. The molecule has 0 bridgehead atoms. The van der Waals surface area contributed by atoms with Gasteiger partial charge in [-0.2, -0.15) is 4.31 Å². The summed E-state index contributed by atoms with van der Waals surface area (Å²) in [6, 6.07) is 6.09. The minimum atomic E-state index is -3.56. The Balaban J connectivity index is 1.73. The van der Waals surface area contributed by atoms with E-state index in [0.717, 1.165) is 30.2 Å². The van der Waals surface area contributed by atoms with E-state index >= 15 is 0 Å². The number of aliphatic hydroxyl groups is 1. The van der Waals surface area contributed by atoms with E-state index in [1.165, 1.54) is 16.4 Å². The summed E-state index contributed by atoms with van der Waals surface area (Å²) in [7, 11) is -3.56. The number of benzene rings is 1. The molecule has 8 nitrogen and oxygen atoms in total. The van der Waals surface area contributed by atoms with Gasteiger partial charge < -0.3 is 10.4 Å². The van der Waals surface area contributed by atoms with Crippen LogP contribution in [0.4, 0.5) is 5.69 Å². The van der Waals surface area contributed by atoms with Gasteiger partial charge in [-0.05, 0) is 44.0 Å². The molecule has 1 atom stereocenters. The van der Waals surface area contributed by atoms with Crippen molar-refractivity contribution >= 4 is 27.5 Å². The first-order chi connectivity index (χ1) is 12.8. The van der Waals surface area contributed by atoms with E-state index in [-0.39, 0.29) is 29.8 Å². The van der Waals surface area contributed by atoms with Gasteiger partial charge in [0.05, 0.1) is 18.0 Å². The summed E-state index contributed by atoms with van der Waals surface area (Å²) in [5.74, 6) is -1.01. The fraction of sp³-hybridized carbons (Fsp3) is 0.444. The molecule has 0 saturated carbocycles. The molecule has 27 heavy (non-hydrogen) atoms. The third kappa shape index (κ3) is 3.90. The predicted molar refractivity (Wildman–Crippen MR) is 99.2 cm³/mol. The molecule has 0 spiro atoms. The third-order valence-corrected chi connectivity index (χ3v) is 6.84. The van der Waals surface area contributed by atoms with Crippen LogP contribution in [0.3, 0.4) is 0 Å². The number of hydrogen-bond acceptors (Lipinski definition) is 6. The highest BCUT2D eigenvalue weighted by Gasteiger charge is 2.32. The largest absolute Gasteiger partial charge is 0.395 e. The number of anilines is 1. The summed E-state index contributed by atoms with van der Waals surface area (Å²) in [4.78, 5) is 25.0. The fourth-order valence-electron chi connectivity index (χ4n) is 3.34. The Morgan fingerprint density at radius 1 is 1.19 bits per heavy atom. The van der Waals surface area contributed by atoms with Crippen LogP contribution in [0.25, 0.3) is 0 Å². The second kappa shape index (κ2) is 7.79. The maximum atomic E-state index is 12.8. The molecule has 0 aromatic heterocycles. The molecule has 0 aliphatic carbocycles. The number of nitrogens with zero attached hydrogens (tertiary/aromatic N) is 2. The Morgan fingerprint density at radius 3 is 2.52 bits per heavy atom. The maximum Gasteiger partial charge on any atom is 0.277 e. The summed E-state index contributed by atoms with van der Waals surface area (Å²) in [5, 5.41) is 11.8. The molecule has 1 saturated heterocycles. The molecule has 146 valence electrons. The normalized spacial score (nSPS) is 21.5. The lowest BCUT2D eigenvalue weighted by Gasteiger charge is -2.32. The van der Waals surface area contributed by atoms with Crippen LogP contribution in [-0.4, -0.2) is 60.3 Å². The number of aliphatic hydroxyl groups excluding tert-OH is 1. The molecule has 9 heteroatoms. The van der Waals surface area contributed by atoms with Crippen molar-refractivity contribution in [3.8, 4) is 0 Å². The molecule has 3 rings (SSSR count). The predicted octanol–water partition coefficient (Wildman–Crippen LogP) is 0.907. The maximum absolute atomic E-state index is 12.8. The van der Waals surface area contributed by atoms with Crippen molar-refractivity contribution in [1.82, 2.24) is 9.21 Å². The highest BCUT2D eigenvalue weighted by Crippen LogP contribution is 2.26. The quantitative estimate of drug-likeness (QED) is 0.696. The third-order valence-electron chi connectivity index (χ3n) is 4.81. The fourth-order valence-corrected chi connectivity index (χ4v) is 5.04. The monoisotopic (exact) mass is 393 g/mol. The summed E-state index contributed by atoms with van der Waals surface area (Å²) < 4.78 is 27.2. The Bertz CT molecular complexity index is 863. The van der Waals surface area contributed by atoms with Crippen molar-refractivity contribution in [1.29, 1.82) is 0 Å². The van der Waals surface area contributed by atoms with Gasteiger partial charge in [-0.1, -0.05) is 6.42 Å². The number of imide groups is 1. The number of β-amino-alcohol motifs (C(OH)–C–C–N with tert-alkyl or cyclic N) is 1. The number of nitrogens with one attached hydrogen (secondary N) is 1. The molecule has 2 aliphatic rings. The first-order valence-corrected chi connectivity index (χ1v) is 10.4. The van der Waals surface area contributed by atoms with Gasteiger partial charge in [0.1, 0.15) is 5.70 Å². The van der Waals surface area contributed by atoms with Gasteiger partial charge in [0.2, 0.25) is 10.0 Å². The van der Waals surface area contributed by atoms with Gasteiger partial charge in [-0.3, -0.25) is 14.5 Å². The summed E-state index contributed by atoms with van der Waals surface area (Å²) in [6.07, 6.45) is 3.91. The molecule has 1 aromatic carbocycles. The van der Waals surface area contributed by atoms with E-state index in [9.17, 15) is 18.0 Å². The molecule has 1 aromatic rings. The molecule has 2 amide bonds. The van der Waals surface area contributed by atoms with Crippen LogP contribution >= 0.6 is 0 Å². The highest BCUT2D eigenvalue weighted by atomic mass is 32.2. The Kier molecular flexibility index (Phi) is 5.64. The number of rotatable bonds is 6. The number of carbonyl (C=O) groups is 2. The smallest absolute Gasteiger partial charge is 0.277 e. The van der Waals surface area contributed by atoms with Crippen molar-refractivity contribution in [2.24, 2.45) is 0 Å². The van der Waals surface area contributed by atoms with Crippen LogP contribution in [0.5, 0.6) is 0 Å². The van der Waals surface area contributed by atoms with Crippen LogP contribution in [0.2, 0.25) is 0 Å². The van der Waals surface area contributed by atoms with Crippen LogP contribution < -0.4 is 5.32 Å². The lowest BCUT2D eigenvalue weighted by Crippen LogP contribution is -2.41. The topological polar surface area (TPSA) is 107 Å². The van der Waals surface area contributed by atoms with Crippen molar-refractivity contribution in [2.45, 2.75) is 37.1 Å². The minimum absolute atomic E-state index is 0.0219. The number of sulfonamides is 1. The van der Waals surface area contributed by atoms with Gasteiger partial charge in [0.15, 0.2) is 0 Å². The summed E-state index contributed by atoms with van der Waals surface area (Å²) in [6.45, 7) is 2.07. The highest BCUT2D eigenvalue weighted by molar-refractivity contribution is 7.89. The molecule has 0 radical (unpaired) electrons. The Labute approximate surface area is 158 Å². The van der Waals surface area contributed by atoms with Crippen molar-refractivity contribution in [3.63, 3.8) is 0 Å². The van der Waals surface area contributed by atoms with Gasteiger partial charge in [-0.15, -0.1) is 0 Å². The van der Waals surface area contributed by atoms with Gasteiger partial charge >= 0.3 is 0 Å². The zero-order valence-electron chi connectivity index (χ0n) is 15.1. The van der Waals surface area contributed by atoms with E-state index < -0.39 is 21.8 Å². The average Bonchev–Trinajstić information content (AvgIpc) is 2.90. The van der Waals surface area contributed by atoms with Gasteiger partial charge in [0, 0.05) is 24.4 Å².